The van der Waals surface area contributed by atoms with Crippen molar-refractivity contribution < 1.29 is 0 Å². The number of benzene rings is 1. The molecule has 0 bridgehead atoms. The number of aromatic nitrogens is 1. The fraction of sp³-hybridized carbons (Fsp3) is 0.467. The molecular weight excluding hydrogens is 208 g/mol. The van der Waals surface area contributed by atoms with Crippen LogP contribution in [-0.2, 0) is 13.0 Å². The number of aryl methyl sites for hydroxylation is 1. The molecule has 1 aromatic carbocycles. The van der Waals surface area contributed by atoms with E-state index in [0.717, 1.165) is 24.8 Å². The van der Waals surface area contributed by atoms with E-state index >= 15 is 0 Å². The van der Waals surface area contributed by atoms with Gasteiger partial charge in [-0.05, 0) is 43.4 Å². The highest BCUT2D eigenvalue weighted by atomic mass is 15.0. The van der Waals surface area contributed by atoms with Crippen LogP contribution < -0.4 is 5.73 Å². The third-order valence-electron chi connectivity index (χ3n) is 4.51. The third-order valence-corrected chi connectivity index (χ3v) is 4.51. The van der Waals surface area contributed by atoms with Crippen LogP contribution in [0.1, 0.15) is 30.0 Å². The summed E-state index contributed by atoms with van der Waals surface area (Å²) in [6.45, 7) is 1.97. The summed E-state index contributed by atoms with van der Waals surface area (Å²) in [6.07, 6.45) is 3.82. The number of para-hydroxylation sites is 1. The van der Waals surface area contributed by atoms with Gasteiger partial charge in [0, 0.05) is 29.1 Å². The summed E-state index contributed by atoms with van der Waals surface area (Å²) in [5.74, 6) is 1.82. The molecule has 0 saturated heterocycles. The van der Waals surface area contributed by atoms with Gasteiger partial charge in [-0.25, -0.2) is 0 Å². The molecular formula is C15H18N2. The minimum Gasteiger partial charge on any atom is -0.344 e. The van der Waals surface area contributed by atoms with E-state index in [1.165, 1.54) is 35.9 Å². The van der Waals surface area contributed by atoms with Crippen LogP contribution in [0.2, 0.25) is 0 Å². The first-order valence-corrected chi connectivity index (χ1v) is 6.70. The molecule has 88 valence electrons. The van der Waals surface area contributed by atoms with Crippen molar-refractivity contribution in [2.24, 2.45) is 11.7 Å². The van der Waals surface area contributed by atoms with Crippen LogP contribution in [0.25, 0.3) is 10.9 Å². The molecule has 0 amide bonds. The number of hydrogen-bond donors (Lipinski definition) is 1. The number of rotatable bonds is 2. The van der Waals surface area contributed by atoms with Crippen molar-refractivity contribution in [3.8, 4) is 0 Å². The van der Waals surface area contributed by atoms with Crippen molar-refractivity contribution >= 4 is 10.9 Å². The zero-order valence-corrected chi connectivity index (χ0v) is 10.0. The van der Waals surface area contributed by atoms with Gasteiger partial charge in [-0.2, -0.15) is 0 Å². The Morgan fingerprint density at radius 3 is 3.06 bits per heavy atom. The average molecular weight is 226 g/mol. The fourth-order valence-electron chi connectivity index (χ4n) is 3.66. The molecule has 1 saturated carbocycles. The summed E-state index contributed by atoms with van der Waals surface area (Å²) in [6, 6.07) is 8.84. The van der Waals surface area contributed by atoms with Crippen LogP contribution in [0.3, 0.4) is 0 Å². The molecule has 2 aromatic rings. The summed E-state index contributed by atoms with van der Waals surface area (Å²) >= 11 is 0. The zero-order chi connectivity index (χ0) is 11.4. The van der Waals surface area contributed by atoms with Gasteiger partial charge in [-0.15, -0.1) is 0 Å². The van der Waals surface area contributed by atoms with Crippen molar-refractivity contribution in [2.45, 2.75) is 31.7 Å². The van der Waals surface area contributed by atoms with Gasteiger partial charge < -0.3 is 10.3 Å². The lowest BCUT2D eigenvalue weighted by Gasteiger charge is -2.16. The van der Waals surface area contributed by atoms with E-state index in [4.69, 9.17) is 5.73 Å². The largest absolute Gasteiger partial charge is 0.344 e. The lowest BCUT2D eigenvalue weighted by molar-refractivity contribution is 0.534. The lowest BCUT2D eigenvalue weighted by atomic mass is 10.0. The van der Waals surface area contributed by atoms with E-state index in [2.05, 4.69) is 28.8 Å². The Balaban J connectivity index is 2.03. The predicted molar refractivity (Wildman–Crippen MR) is 70.2 cm³/mol. The molecule has 2 atom stereocenters. The minimum atomic E-state index is 0.762. The van der Waals surface area contributed by atoms with Crippen LogP contribution in [0.5, 0.6) is 0 Å². The lowest BCUT2D eigenvalue weighted by Crippen LogP contribution is -2.11. The Hall–Kier alpha value is -1.28. The minimum absolute atomic E-state index is 0.762. The Kier molecular flexibility index (Phi) is 1.92. The molecule has 4 rings (SSSR count). The van der Waals surface area contributed by atoms with Gasteiger partial charge >= 0.3 is 0 Å². The molecule has 1 aliphatic heterocycles. The molecule has 1 aliphatic carbocycles. The van der Waals surface area contributed by atoms with E-state index in [-0.39, 0.29) is 0 Å². The summed E-state index contributed by atoms with van der Waals surface area (Å²) in [5, 5.41) is 1.44. The predicted octanol–water partition coefficient (Wildman–Crippen LogP) is 2.65. The molecule has 1 fully saturated rings. The van der Waals surface area contributed by atoms with Gasteiger partial charge in [0.1, 0.15) is 0 Å². The van der Waals surface area contributed by atoms with E-state index in [9.17, 15) is 0 Å². The standard InChI is InChI=1S/C15H18N2/c16-7-5-12-11-3-1-2-4-14(11)17-8-6-10-9-13(10)15(12)17/h1-4,10,13H,5-9,16H2. The smallest absolute Gasteiger partial charge is 0.0485 e. The molecule has 0 radical (unpaired) electrons. The summed E-state index contributed by atoms with van der Waals surface area (Å²) in [5.41, 5.74) is 10.4. The maximum absolute atomic E-state index is 5.79. The van der Waals surface area contributed by atoms with Crippen molar-refractivity contribution in [1.29, 1.82) is 0 Å². The maximum atomic E-state index is 5.79. The number of hydrogen-bond acceptors (Lipinski definition) is 1. The normalized spacial score (nSPS) is 25.7. The fourth-order valence-corrected chi connectivity index (χ4v) is 3.66. The highest BCUT2D eigenvalue weighted by Crippen LogP contribution is 2.55. The van der Waals surface area contributed by atoms with E-state index in [1.807, 2.05) is 0 Å². The van der Waals surface area contributed by atoms with E-state index in [1.54, 1.807) is 5.69 Å². The summed E-state index contributed by atoms with van der Waals surface area (Å²) in [7, 11) is 0. The highest BCUT2D eigenvalue weighted by Gasteiger charge is 2.44. The first kappa shape index (κ1) is 9.72. The average Bonchev–Trinajstić information content (AvgIpc) is 3.09. The van der Waals surface area contributed by atoms with Crippen molar-refractivity contribution in [3.05, 3.63) is 35.5 Å². The van der Waals surface area contributed by atoms with Crippen LogP contribution in [0.4, 0.5) is 0 Å². The second-order valence-electron chi connectivity index (χ2n) is 5.46. The Morgan fingerprint density at radius 2 is 2.18 bits per heavy atom. The molecule has 2 aliphatic rings. The Bertz CT molecular complexity index is 582. The van der Waals surface area contributed by atoms with E-state index < -0.39 is 0 Å². The Morgan fingerprint density at radius 1 is 1.29 bits per heavy atom. The van der Waals surface area contributed by atoms with Crippen LogP contribution in [0, 0.1) is 5.92 Å². The quantitative estimate of drug-likeness (QED) is 0.838. The van der Waals surface area contributed by atoms with Gasteiger partial charge in [0.25, 0.3) is 0 Å². The van der Waals surface area contributed by atoms with Crippen LogP contribution in [0.15, 0.2) is 24.3 Å². The summed E-state index contributed by atoms with van der Waals surface area (Å²) < 4.78 is 2.56. The monoisotopic (exact) mass is 226 g/mol. The van der Waals surface area contributed by atoms with Crippen molar-refractivity contribution in [1.82, 2.24) is 4.57 Å². The molecule has 17 heavy (non-hydrogen) atoms. The van der Waals surface area contributed by atoms with Gasteiger partial charge in [0.2, 0.25) is 0 Å². The maximum Gasteiger partial charge on any atom is 0.0485 e. The first-order valence-electron chi connectivity index (χ1n) is 6.70. The van der Waals surface area contributed by atoms with Crippen LogP contribution in [-0.4, -0.2) is 11.1 Å². The second-order valence-corrected chi connectivity index (χ2v) is 5.46. The summed E-state index contributed by atoms with van der Waals surface area (Å²) in [4.78, 5) is 0. The van der Waals surface area contributed by atoms with E-state index in [0.29, 0.717) is 0 Å². The topological polar surface area (TPSA) is 30.9 Å². The van der Waals surface area contributed by atoms with Crippen molar-refractivity contribution in [3.63, 3.8) is 0 Å². The van der Waals surface area contributed by atoms with Gasteiger partial charge in [-0.3, -0.25) is 0 Å². The second kappa shape index (κ2) is 3.36. The molecule has 2 heterocycles. The molecule has 2 nitrogen and oxygen atoms in total. The zero-order valence-electron chi connectivity index (χ0n) is 10.0. The van der Waals surface area contributed by atoms with Crippen molar-refractivity contribution in [2.75, 3.05) is 6.54 Å². The Labute approximate surface area is 101 Å². The van der Waals surface area contributed by atoms with Gasteiger partial charge in [0.15, 0.2) is 0 Å². The SMILES string of the molecule is NCCc1c2n(c3ccccc13)CCC1CC21. The van der Waals surface area contributed by atoms with Crippen LogP contribution >= 0.6 is 0 Å². The first-order chi connectivity index (χ1) is 8.40. The number of nitrogens with zero attached hydrogens (tertiary/aromatic N) is 1. The van der Waals surface area contributed by atoms with Gasteiger partial charge in [0.05, 0.1) is 0 Å². The third kappa shape index (κ3) is 1.25. The molecule has 2 unspecified atom stereocenters. The molecule has 0 spiro atoms. The highest BCUT2D eigenvalue weighted by molar-refractivity contribution is 5.86. The molecule has 2 N–H and O–H groups in total. The molecule has 1 aromatic heterocycles. The number of nitrogens with two attached hydrogens (primary N) is 1. The van der Waals surface area contributed by atoms with Gasteiger partial charge in [-0.1, -0.05) is 18.2 Å². The number of fused-ring (bicyclic) bond motifs is 5. The molecule has 2 heteroatoms.